The van der Waals surface area contributed by atoms with Gasteiger partial charge in [0.25, 0.3) is 0 Å². The van der Waals surface area contributed by atoms with Crippen molar-refractivity contribution in [3.8, 4) is 21.9 Å². The minimum Gasteiger partial charge on any atom is -0.496 e. The molecule has 226 valence electrons. The Balaban J connectivity index is 1.20. The molecule has 0 spiro atoms. The third-order valence-electron chi connectivity index (χ3n) is 8.78. The molecule has 1 aromatic heterocycles. The molecule has 0 N–H and O–H groups in total. The molecule has 0 saturated carbocycles. The number of rotatable bonds is 11. The summed E-state index contributed by atoms with van der Waals surface area (Å²) in [6, 6.07) is 22.0. The lowest BCUT2D eigenvalue weighted by molar-refractivity contribution is -0.121. The molecule has 7 heteroatoms. The summed E-state index contributed by atoms with van der Waals surface area (Å²) in [5, 5.41) is 1.31. The van der Waals surface area contributed by atoms with E-state index < -0.39 is 0 Å². The Bertz CT molecular complexity index is 1560. The van der Waals surface area contributed by atoms with Gasteiger partial charge in [0.1, 0.15) is 23.9 Å². The van der Waals surface area contributed by atoms with E-state index in [-0.39, 0.29) is 11.8 Å². The van der Waals surface area contributed by atoms with E-state index in [1.807, 2.05) is 11.3 Å². The molecule has 43 heavy (non-hydrogen) atoms. The molecule has 0 unspecified atom stereocenters. The van der Waals surface area contributed by atoms with Gasteiger partial charge in [0.15, 0.2) is 0 Å². The number of thiophene rings is 1. The summed E-state index contributed by atoms with van der Waals surface area (Å²) in [4.78, 5) is 17.9. The first-order valence-electron chi connectivity index (χ1n) is 15.4. The van der Waals surface area contributed by atoms with E-state index in [2.05, 4.69) is 77.4 Å². The summed E-state index contributed by atoms with van der Waals surface area (Å²) in [7, 11) is 1.77. The van der Waals surface area contributed by atoms with Gasteiger partial charge in [-0.1, -0.05) is 24.3 Å². The highest BCUT2D eigenvalue weighted by Gasteiger charge is 2.27. The maximum atomic E-state index is 11.9. The second-order valence-electron chi connectivity index (χ2n) is 11.8. The van der Waals surface area contributed by atoms with Crippen LogP contribution in [0.5, 0.6) is 11.5 Å². The molecule has 3 heterocycles. The number of hydrogen-bond donors (Lipinski definition) is 0. The van der Waals surface area contributed by atoms with E-state index in [1.54, 1.807) is 14.0 Å². The highest BCUT2D eigenvalue weighted by Crippen LogP contribution is 2.41. The average Bonchev–Trinajstić information content (AvgIpc) is 3.63. The van der Waals surface area contributed by atoms with Gasteiger partial charge >= 0.3 is 0 Å². The van der Waals surface area contributed by atoms with Gasteiger partial charge in [0.2, 0.25) is 0 Å². The molecule has 4 aromatic rings. The van der Waals surface area contributed by atoms with Crippen LogP contribution in [0.25, 0.3) is 20.5 Å². The lowest BCUT2D eigenvalue weighted by Crippen LogP contribution is -2.37. The second-order valence-corrected chi connectivity index (χ2v) is 12.9. The highest BCUT2D eigenvalue weighted by molar-refractivity contribution is 7.22. The molecule has 0 aliphatic carbocycles. The van der Waals surface area contributed by atoms with Crippen molar-refractivity contribution in [2.75, 3.05) is 53.1 Å². The Morgan fingerprint density at radius 1 is 1.02 bits per heavy atom. The molecule has 0 bridgehead atoms. The smallest absolute Gasteiger partial charge is 0.146 e. The summed E-state index contributed by atoms with van der Waals surface area (Å²) in [6.07, 6.45) is 2.88. The second kappa shape index (κ2) is 13.6. The van der Waals surface area contributed by atoms with Crippen LogP contribution in [0, 0.1) is 6.92 Å². The number of carbonyl (C=O) groups is 1. The number of morpholine rings is 1. The third kappa shape index (κ3) is 6.96. The zero-order valence-corrected chi connectivity index (χ0v) is 26.4. The summed E-state index contributed by atoms with van der Waals surface area (Å²) in [5.74, 6) is 2.07. The van der Waals surface area contributed by atoms with E-state index in [4.69, 9.17) is 14.2 Å². The van der Waals surface area contributed by atoms with E-state index in [0.717, 1.165) is 76.7 Å². The van der Waals surface area contributed by atoms with Crippen LogP contribution in [0.4, 0.5) is 0 Å². The summed E-state index contributed by atoms with van der Waals surface area (Å²) >= 11 is 1.86. The number of likely N-dealkylation sites (tertiary alicyclic amines) is 1. The Labute approximate surface area is 259 Å². The maximum absolute atomic E-state index is 11.9. The van der Waals surface area contributed by atoms with Crippen molar-refractivity contribution in [2.24, 2.45) is 0 Å². The minimum atomic E-state index is 0.0573. The number of Topliss-reactive ketones (excluding diaryl/α,β-unsaturated/α-hetero) is 1. The minimum absolute atomic E-state index is 0.0573. The van der Waals surface area contributed by atoms with Gasteiger partial charge in [-0.3, -0.25) is 14.6 Å². The van der Waals surface area contributed by atoms with Crippen LogP contribution in [-0.2, 0) is 22.5 Å². The standard InChI is InChI=1S/C36H42N2O4S/c1-25-6-13-31-32(22-27-7-8-29(34(23-27)40-3)24-37-15-18-41-19-16-37)36(43-35(31)21-25)28-9-11-30(12-10-28)42-20-17-38-14-4-5-33(38)26(2)39/h6-13,21,23,33H,4-5,14-20,22,24H2,1-3H3/t33-/m0/s1. The molecule has 0 radical (unpaired) electrons. The van der Waals surface area contributed by atoms with Crippen molar-refractivity contribution in [1.29, 1.82) is 0 Å². The zero-order chi connectivity index (χ0) is 29.8. The topological polar surface area (TPSA) is 51.2 Å². The van der Waals surface area contributed by atoms with Gasteiger partial charge in [0, 0.05) is 41.3 Å². The fraction of sp³-hybridized carbons (Fsp3) is 0.417. The Morgan fingerprint density at radius 2 is 1.84 bits per heavy atom. The number of carbonyl (C=O) groups excluding carboxylic acids is 1. The Hall–Kier alpha value is -3.23. The number of ketones is 1. The molecule has 6 rings (SSSR count). The molecular weight excluding hydrogens is 556 g/mol. The van der Waals surface area contributed by atoms with Crippen LogP contribution in [0.15, 0.2) is 60.7 Å². The normalized spacial score (nSPS) is 17.9. The molecule has 2 aliphatic rings. The number of nitrogens with zero attached hydrogens (tertiary/aromatic N) is 2. The first-order valence-corrected chi connectivity index (χ1v) is 16.3. The summed E-state index contributed by atoms with van der Waals surface area (Å²) < 4.78 is 18.8. The molecule has 6 nitrogen and oxygen atoms in total. The molecule has 0 amide bonds. The van der Waals surface area contributed by atoms with Crippen LogP contribution >= 0.6 is 11.3 Å². The quantitative estimate of drug-likeness (QED) is 0.191. The van der Waals surface area contributed by atoms with Crippen molar-refractivity contribution in [1.82, 2.24) is 9.80 Å². The number of aryl methyl sites for hydroxylation is 1. The van der Waals surface area contributed by atoms with Gasteiger partial charge in [-0.05, 0) is 104 Å². The lowest BCUT2D eigenvalue weighted by Gasteiger charge is -2.27. The van der Waals surface area contributed by atoms with E-state index in [1.165, 1.54) is 42.8 Å². The number of fused-ring (bicyclic) bond motifs is 1. The molecule has 2 fully saturated rings. The number of methoxy groups -OCH3 is 1. The monoisotopic (exact) mass is 598 g/mol. The van der Waals surface area contributed by atoms with Crippen LogP contribution < -0.4 is 9.47 Å². The first-order chi connectivity index (χ1) is 21.0. The van der Waals surface area contributed by atoms with Gasteiger partial charge in [0.05, 0.1) is 26.4 Å². The van der Waals surface area contributed by atoms with Gasteiger partial charge in [-0.2, -0.15) is 0 Å². The van der Waals surface area contributed by atoms with E-state index >= 15 is 0 Å². The van der Waals surface area contributed by atoms with Gasteiger partial charge in [-0.15, -0.1) is 11.3 Å². The summed E-state index contributed by atoms with van der Waals surface area (Å²) in [5.41, 5.74) is 6.29. The predicted molar refractivity (Wildman–Crippen MR) is 175 cm³/mol. The number of hydrogen-bond acceptors (Lipinski definition) is 7. The van der Waals surface area contributed by atoms with Crippen molar-refractivity contribution < 1.29 is 19.0 Å². The third-order valence-corrected chi connectivity index (χ3v) is 10.0. The maximum Gasteiger partial charge on any atom is 0.146 e. The molecule has 2 aliphatic heterocycles. The van der Waals surface area contributed by atoms with Crippen molar-refractivity contribution in [3.05, 3.63) is 82.9 Å². The highest BCUT2D eigenvalue weighted by atomic mass is 32.1. The number of benzene rings is 3. The summed E-state index contributed by atoms with van der Waals surface area (Å²) in [6.45, 7) is 10.6. The van der Waals surface area contributed by atoms with Crippen LogP contribution in [-0.4, -0.2) is 74.7 Å². The zero-order valence-electron chi connectivity index (χ0n) is 25.6. The fourth-order valence-corrected chi connectivity index (χ4v) is 7.76. The molecule has 1 atom stereocenters. The Morgan fingerprint density at radius 3 is 2.60 bits per heavy atom. The van der Waals surface area contributed by atoms with E-state index in [9.17, 15) is 4.79 Å². The first kappa shape index (κ1) is 29.8. The van der Waals surface area contributed by atoms with Crippen LogP contribution in [0.3, 0.4) is 0 Å². The largest absolute Gasteiger partial charge is 0.496 e. The van der Waals surface area contributed by atoms with Crippen LogP contribution in [0.2, 0.25) is 0 Å². The van der Waals surface area contributed by atoms with Crippen molar-refractivity contribution >= 4 is 27.2 Å². The average molecular weight is 599 g/mol. The SMILES string of the molecule is COc1cc(Cc2c(-c3ccc(OCCN4CCC[C@H]4C(C)=O)cc3)sc3cc(C)ccc23)ccc1CN1CCOCC1. The van der Waals surface area contributed by atoms with Crippen molar-refractivity contribution in [2.45, 2.75) is 45.7 Å². The fourth-order valence-electron chi connectivity index (χ4n) is 6.44. The van der Waals surface area contributed by atoms with Crippen molar-refractivity contribution in [3.63, 3.8) is 0 Å². The Kier molecular flexibility index (Phi) is 9.43. The van der Waals surface area contributed by atoms with Crippen LogP contribution in [0.1, 0.15) is 42.0 Å². The molecule has 3 aromatic carbocycles. The van der Waals surface area contributed by atoms with Gasteiger partial charge < -0.3 is 14.2 Å². The van der Waals surface area contributed by atoms with Gasteiger partial charge in [-0.25, -0.2) is 0 Å². The predicted octanol–water partition coefficient (Wildman–Crippen LogP) is 6.74. The van der Waals surface area contributed by atoms with E-state index in [0.29, 0.717) is 6.61 Å². The molecule has 2 saturated heterocycles. The molecular formula is C36H42N2O4S. The lowest BCUT2D eigenvalue weighted by atomic mass is 9.97. The number of ether oxygens (including phenoxy) is 3.